The van der Waals surface area contributed by atoms with E-state index < -0.39 is 10.0 Å². The Morgan fingerprint density at radius 2 is 2.00 bits per heavy atom. The van der Waals surface area contributed by atoms with E-state index in [1.54, 1.807) is 17.9 Å². The lowest BCUT2D eigenvalue weighted by atomic mass is 10.6. The van der Waals surface area contributed by atoms with Crippen LogP contribution in [0.3, 0.4) is 0 Å². The third-order valence-corrected chi connectivity index (χ3v) is 4.76. The van der Waals surface area contributed by atoms with Crippen LogP contribution in [-0.4, -0.2) is 74.7 Å². The SMILES string of the molecule is CCNCCn1cc(S(=O)(=O)N(C)CCN(C)C)cn1. The molecule has 0 saturated heterocycles. The molecule has 0 fully saturated rings. The van der Waals surface area contributed by atoms with Gasteiger partial charge in [-0.25, -0.2) is 8.42 Å². The van der Waals surface area contributed by atoms with E-state index in [1.807, 2.05) is 25.9 Å². The van der Waals surface area contributed by atoms with E-state index in [0.717, 1.165) is 13.1 Å². The zero-order chi connectivity index (χ0) is 15.2. The van der Waals surface area contributed by atoms with Gasteiger partial charge in [0, 0.05) is 32.9 Å². The molecule has 7 nitrogen and oxygen atoms in total. The van der Waals surface area contributed by atoms with Crippen molar-refractivity contribution < 1.29 is 8.42 Å². The van der Waals surface area contributed by atoms with Gasteiger partial charge >= 0.3 is 0 Å². The number of likely N-dealkylation sites (N-methyl/N-ethyl adjacent to an activating group) is 3. The van der Waals surface area contributed by atoms with Gasteiger partial charge in [-0.1, -0.05) is 6.92 Å². The number of hydrogen-bond donors (Lipinski definition) is 1. The highest BCUT2D eigenvalue weighted by molar-refractivity contribution is 7.89. The fourth-order valence-corrected chi connectivity index (χ4v) is 2.73. The van der Waals surface area contributed by atoms with Crippen LogP contribution in [0.25, 0.3) is 0 Å². The Labute approximate surface area is 121 Å². The smallest absolute Gasteiger partial charge is 0.245 e. The molecule has 0 aliphatic heterocycles. The van der Waals surface area contributed by atoms with Gasteiger partial charge in [0.05, 0.1) is 12.7 Å². The quantitative estimate of drug-likeness (QED) is 0.633. The van der Waals surface area contributed by atoms with Crippen LogP contribution < -0.4 is 5.32 Å². The highest BCUT2D eigenvalue weighted by Crippen LogP contribution is 2.12. The number of nitrogens with zero attached hydrogens (tertiary/aromatic N) is 4. The molecule has 0 amide bonds. The van der Waals surface area contributed by atoms with Crippen LogP contribution >= 0.6 is 0 Å². The van der Waals surface area contributed by atoms with Crippen molar-refractivity contribution >= 4 is 10.0 Å². The maximum absolute atomic E-state index is 12.3. The van der Waals surface area contributed by atoms with E-state index in [9.17, 15) is 8.42 Å². The van der Waals surface area contributed by atoms with Crippen LogP contribution in [0, 0.1) is 0 Å². The Bertz CT molecular complexity index is 498. The van der Waals surface area contributed by atoms with Gasteiger partial charge in [-0.2, -0.15) is 9.40 Å². The van der Waals surface area contributed by atoms with Crippen molar-refractivity contribution in [1.29, 1.82) is 0 Å². The van der Waals surface area contributed by atoms with E-state index in [2.05, 4.69) is 10.4 Å². The van der Waals surface area contributed by atoms with Crippen LogP contribution in [-0.2, 0) is 16.6 Å². The van der Waals surface area contributed by atoms with Crippen molar-refractivity contribution in [2.24, 2.45) is 0 Å². The molecule has 0 aliphatic rings. The maximum atomic E-state index is 12.3. The summed E-state index contributed by atoms with van der Waals surface area (Å²) in [6.45, 7) is 5.49. The topological polar surface area (TPSA) is 70.5 Å². The first-order chi connectivity index (χ1) is 9.37. The lowest BCUT2D eigenvalue weighted by Gasteiger charge is -2.18. The van der Waals surface area contributed by atoms with Gasteiger partial charge < -0.3 is 10.2 Å². The van der Waals surface area contributed by atoms with Gasteiger partial charge in [0.25, 0.3) is 0 Å². The summed E-state index contributed by atoms with van der Waals surface area (Å²) in [4.78, 5) is 2.20. The van der Waals surface area contributed by atoms with Crippen LogP contribution in [0.1, 0.15) is 6.92 Å². The van der Waals surface area contributed by atoms with Crippen LogP contribution in [0.5, 0.6) is 0 Å². The van der Waals surface area contributed by atoms with Crippen molar-refractivity contribution in [1.82, 2.24) is 24.3 Å². The molecule has 0 saturated carbocycles. The zero-order valence-corrected chi connectivity index (χ0v) is 13.5. The van der Waals surface area contributed by atoms with Gasteiger partial charge in [0.2, 0.25) is 10.0 Å². The van der Waals surface area contributed by atoms with Crippen molar-refractivity contribution in [2.45, 2.75) is 18.4 Å². The fraction of sp³-hybridized carbons (Fsp3) is 0.750. The second-order valence-electron chi connectivity index (χ2n) is 4.92. The first-order valence-corrected chi connectivity index (χ1v) is 8.16. The van der Waals surface area contributed by atoms with Gasteiger partial charge in [-0.15, -0.1) is 0 Å². The first kappa shape index (κ1) is 17.1. The Hall–Kier alpha value is -0.960. The van der Waals surface area contributed by atoms with Gasteiger partial charge in [-0.05, 0) is 20.6 Å². The van der Waals surface area contributed by atoms with Crippen LogP contribution in [0.4, 0.5) is 0 Å². The summed E-state index contributed by atoms with van der Waals surface area (Å²) in [5.74, 6) is 0. The second kappa shape index (κ2) is 7.72. The van der Waals surface area contributed by atoms with Crippen molar-refractivity contribution in [2.75, 3.05) is 47.3 Å². The molecule has 1 aromatic heterocycles. The zero-order valence-electron chi connectivity index (χ0n) is 12.7. The van der Waals surface area contributed by atoms with Gasteiger partial charge in [0.1, 0.15) is 4.90 Å². The molecule has 0 spiro atoms. The van der Waals surface area contributed by atoms with E-state index in [1.165, 1.54) is 10.5 Å². The molecule has 0 unspecified atom stereocenters. The molecule has 1 N–H and O–H groups in total. The van der Waals surface area contributed by atoms with E-state index >= 15 is 0 Å². The summed E-state index contributed by atoms with van der Waals surface area (Å²) in [6, 6.07) is 0. The summed E-state index contributed by atoms with van der Waals surface area (Å²) >= 11 is 0. The van der Waals surface area contributed by atoms with Crippen molar-refractivity contribution in [3.8, 4) is 0 Å². The molecule has 0 bridgehead atoms. The molecule has 0 radical (unpaired) electrons. The Morgan fingerprint density at radius 3 is 2.60 bits per heavy atom. The Morgan fingerprint density at radius 1 is 1.30 bits per heavy atom. The molecule has 1 heterocycles. The van der Waals surface area contributed by atoms with E-state index in [-0.39, 0.29) is 4.90 Å². The molecular formula is C12H25N5O2S. The molecule has 20 heavy (non-hydrogen) atoms. The van der Waals surface area contributed by atoms with Crippen molar-refractivity contribution in [3.63, 3.8) is 0 Å². The van der Waals surface area contributed by atoms with Crippen LogP contribution in [0.2, 0.25) is 0 Å². The standard InChI is InChI=1S/C12H25N5O2S/c1-5-13-6-7-17-11-12(10-14-17)20(18,19)16(4)9-8-15(2)3/h10-11,13H,5-9H2,1-4H3. The van der Waals surface area contributed by atoms with E-state index in [4.69, 9.17) is 0 Å². The molecule has 116 valence electrons. The number of hydrogen-bond acceptors (Lipinski definition) is 5. The Kier molecular flexibility index (Phi) is 6.60. The largest absolute Gasteiger partial charge is 0.315 e. The molecule has 0 atom stereocenters. The summed E-state index contributed by atoms with van der Waals surface area (Å²) in [5, 5.41) is 7.27. The van der Waals surface area contributed by atoms with Crippen molar-refractivity contribution in [3.05, 3.63) is 12.4 Å². The third-order valence-electron chi connectivity index (χ3n) is 2.95. The summed E-state index contributed by atoms with van der Waals surface area (Å²) in [5.41, 5.74) is 0. The molecular weight excluding hydrogens is 278 g/mol. The van der Waals surface area contributed by atoms with E-state index in [0.29, 0.717) is 19.6 Å². The average molecular weight is 303 g/mol. The average Bonchev–Trinajstić information content (AvgIpc) is 2.85. The lowest BCUT2D eigenvalue weighted by Crippen LogP contribution is -2.33. The Balaban J connectivity index is 2.67. The predicted octanol–water partition coefficient (Wildman–Crippen LogP) is -0.325. The minimum absolute atomic E-state index is 0.246. The number of sulfonamides is 1. The highest BCUT2D eigenvalue weighted by Gasteiger charge is 2.22. The molecule has 1 aromatic rings. The van der Waals surface area contributed by atoms with Gasteiger partial charge in [-0.3, -0.25) is 4.68 Å². The summed E-state index contributed by atoms with van der Waals surface area (Å²) < 4.78 is 27.7. The summed E-state index contributed by atoms with van der Waals surface area (Å²) in [6.07, 6.45) is 2.99. The minimum Gasteiger partial charge on any atom is -0.315 e. The number of nitrogens with one attached hydrogen (secondary N) is 1. The monoisotopic (exact) mass is 303 g/mol. The number of rotatable bonds is 9. The van der Waals surface area contributed by atoms with Crippen LogP contribution in [0.15, 0.2) is 17.3 Å². The first-order valence-electron chi connectivity index (χ1n) is 6.72. The minimum atomic E-state index is -3.44. The molecule has 0 aliphatic carbocycles. The molecule has 8 heteroatoms. The summed E-state index contributed by atoms with van der Waals surface area (Å²) in [7, 11) is 1.98. The van der Waals surface area contributed by atoms with Gasteiger partial charge in [0.15, 0.2) is 0 Å². The fourth-order valence-electron chi connectivity index (χ4n) is 1.61. The second-order valence-corrected chi connectivity index (χ2v) is 6.97. The maximum Gasteiger partial charge on any atom is 0.245 e. The highest BCUT2D eigenvalue weighted by atomic mass is 32.2. The molecule has 0 aromatic carbocycles. The molecule has 1 rings (SSSR count). The predicted molar refractivity (Wildman–Crippen MR) is 79.1 cm³/mol. The third kappa shape index (κ3) is 4.86. The lowest BCUT2D eigenvalue weighted by molar-refractivity contribution is 0.358. The normalized spacial score (nSPS) is 12.5. The number of aromatic nitrogens is 2.